The number of hydrogen-bond acceptors (Lipinski definition) is 4. The van der Waals surface area contributed by atoms with Gasteiger partial charge in [-0.05, 0) is 29.9 Å². The van der Waals surface area contributed by atoms with E-state index in [-0.39, 0.29) is 16.7 Å². The lowest BCUT2D eigenvalue weighted by molar-refractivity contribution is -0.123. The minimum atomic E-state index is -4.44. The van der Waals surface area contributed by atoms with Crippen LogP contribution in [0.3, 0.4) is 0 Å². The van der Waals surface area contributed by atoms with E-state index in [2.05, 4.69) is 16.9 Å². The number of hydrogen-bond donors (Lipinski definition) is 3. The Morgan fingerprint density at radius 3 is 3.10 bits per heavy atom. The number of amides is 2. The van der Waals surface area contributed by atoms with Crippen molar-refractivity contribution >= 4 is 29.6 Å². The second kappa shape index (κ2) is 5.31. The van der Waals surface area contributed by atoms with Crippen LogP contribution in [0.15, 0.2) is 18.5 Å². The summed E-state index contributed by atoms with van der Waals surface area (Å²) < 4.78 is 43.5. The molecule has 2 aliphatic heterocycles. The smallest absolute Gasteiger partial charge is 0.423 e. The van der Waals surface area contributed by atoms with E-state index in [0.29, 0.717) is 31.4 Å². The lowest BCUT2D eigenvalue weighted by atomic mass is 9.67. The number of fused-ring (bicyclic) bond motifs is 8. The number of likely N-dealkylation sites (tertiary alicyclic amines) is 1. The molecular weight excluding hydrogens is 400 g/mol. The first-order valence-corrected chi connectivity index (χ1v) is 10.0. The van der Waals surface area contributed by atoms with Crippen LogP contribution in [0.25, 0.3) is 11.0 Å². The van der Waals surface area contributed by atoms with Gasteiger partial charge in [0.1, 0.15) is 12.2 Å². The molecule has 1 saturated heterocycles. The summed E-state index contributed by atoms with van der Waals surface area (Å²) in [6.45, 7) is 1.64. The van der Waals surface area contributed by atoms with Crippen LogP contribution in [0.4, 0.5) is 18.0 Å². The second-order valence-electron chi connectivity index (χ2n) is 9.32. The molecule has 158 valence electrons. The zero-order valence-corrected chi connectivity index (χ0v) is 16.2. The van der Waals surface area contributed by atoms with Crippen molar-refractivity contribution in [2.45, 2.75) is 31.5 Å². The highest BCUT2D eigenvalue weighted by Crippen LogP contribution is 2.89. The molecule has 7 nitrogen and oxygen atoms in total. The Kier molecular flexibility index (Phi) is 3.28. The summed E-state index contributed by atoms with van der Waals surface area (Å²) in [6.07, 6.45) is 0.431. The molecule has 0 aromatic carbocycles. The molecule has 3 fully saturated rings. The van der Waals surface area contributed by atoms with Crippen molar-refractivity contribution in [3.05, 3.63) is 24.0 Å². The highest BCUT2D eigenvalue weighted by atomic mass is 19.4. The topological polar surface area (TPSA) is 90.5 Å². The summed E-state index contributed by atoms with van der Waals surface area (Å²) in [6, 6.07) is 1.25. The molecule has 4 aliphatic rings. The van der Waals surface area contributed by atoms with Crippen LogP contribution in [0.2, 0.25) is 0 Å². The Morgan fingerprint density at radius 1 is 1.53 bits per heavy atom. The number of halogens is 3. The summed E-state index contributed by atoms with van der Waals surface area (Å²) in [5, 5.41) is 13.5. The maximum absolute atomic E-state index is 12.5. The zero-order valence-electron chi connectivity index (χ0n) is 16.2. The molecule has 0 bridgehead atoms. The minimum Gasteiger partial charge on any atom is -0.423 e. The molecule has 2 spiro atoms. The van der Waals surface area contributed by atoms with Crippen LogP contribution in [-0.4, -0.2) is 58.9 Å². The molecule has 30 heavy (non-hydrogen) atoms. The quantitative estimate of drug-likeness (QED) is 0.610. The van der Waals surface area contributed by atoms with Crippen LogP contribution >= 0.6 is 0 Å². The summed E-state index contributed by atoms with van der Waals surface area (Å²) >= 11 is 0. The predicted molar refractivity (Wildman–Crippen MR) is 101 cm³/mol. The van der Waals surface area contributed by atoms with Gasteiger partial charge in [0, 0.05) is 47.7 Å². The van der Waals surface area contributed by atoms with Gasteiger partial charge in [-0.15, -0.1) is 0 Å². The maximum Gasteiger partial charge on any atom is 0.493 e. The van der Waals surface area contributed by atoms with Gasteiger partial charge in [0.25, 0.3) is 0 Å². The van der Waals surface area contributed by atoms with Crippen LogP contribution in [0, 0.1) is 16.7 Å². The molecule has 2 aromatic rings. The maximum atomic E-state index is 12.5. The lowest BCUT2D eigenvalue weighted by Gasteiger charge is -2.43. The minimum absolute atomic E-state index is 0.0702. The van der Waals surface area contributed by atoms with Crippen LogP contribution in [0.1, 0.15) is 25.3 Å². The van der Waals surface area contributed by atoms with Gasteiger partial charge in [-0.3, -0.25) is 0 Å². The van der Waals surface area contributed by atoms with Gasteiger partial charge in [0.2, 0.25) is 0 Å². The Morgan fingerprint density at radius 2 is 2.33 bits per heavy atom. The Bertz CT molecular complexity index is 1090. The van der Waals surface area contributed by atoms with E-state index < -0.39 is 31.5 Å². The van der Waals surface area contributed by atoms with Gasteiger partial charge in [-0.25, -0.2) is 9.78 Å². The average molecular weight is 420 g/mol. The molecule has 0 radical (unpaired) electrons. The SMILES string of the molecule is CC12CC3(OB(O)c4cnc5[nH]ccc5c43)C1C21CCN(C(=O)NCC(F)(F)F)C1. The fraction of sp³-hybridized carbons (Fsp3) is 0.579. The fourth-order valence-corrected chi connectivity index (χ4v) is 6.94. The van der Waals surface area contributed by atoms with Crippen molar-refractivity contribution in [2.24, 2.45) is 16.7 Å². The van der Waals surface area contributed by atoms with E-state index >= 15 is 0 Å². The predicted octanol–water partition coefficient (Wildman–Crippen LogP) is 1.48. The van der Waals surface area contributed by atoms with Gasteiger partial charge in [-0.1, -0.05) is 6.92 Å². The number of pyridine rings is 1. The molecule has 4 atom stereocenters. The Hall–Kier alpha value is -2.27. The molecular formula is C19H20BF3N4O3. The average Bonchev–Trinajstić information content (AvgIpc) is 3.21. The number of urea groups is 1. The van der Waals surface area contributed by atoms with Gasteiger partial charge < -0.3 is 24.9 Å². The van der Waals surface area contributed by atoms with Crippen molar-refractivity contribution in [1.29, 1.82) is 0 Å². The van der Waals surface area contributed by atoms with Crippen LogP contribution in [0.5, 0.6) is 0 Å². The number of nitrogens with zero attached hydrogens (tertiary/aromatic N) is 2. The van der Waals surface area contributed by atoms with Crippen molar-refractivity contribution in [2.75, 3.05) is 19.6 Å². The highest BCUT2D eigenvalue weighted by Gasteiger charge is 2.90. The van der Waals surface area contributed by atoms with Crippen molar-refractivity contribution in [1.82, 2.24) is 20.2 Å². The van der Waals surface area contributed by atoms with Crippen LogP contribution in [-0.2, 0) is 10.3 Å². The summed E-state index contributed by atoms with van der Waals surface area (Å²) in [5.41, 5.74) is 1.43. The molecule has 2 aliphatic carbocycles. The number of carbonyl (C=O) groups excluding carboxylic acids is 1. The lowest BCUT2D eigenvalue weighted by Crippen LogP contribution is -2.43. The first-order valence-electron chi connectivity index (χ1n) is 10.0. The molecule has 2 aromatic heterocycles. The van der Waals surface area contributed by atoms with Crippen molar-refractivity contribution in [3.63, 3.8) is 0 Å². The van der Waals surface area contributed by atoms with Gasteiger partial charge in [-0.2, -0.15) is 13.2 Å². The van der Waals surface area contributed by atoms with Gasteiger partial charge in [0.15, 0.2) is 0 Å². The Balaban J connectivity index is 1.30. The molecule has 3 N–H and O–H groups in total. The second-order valence-corrected chi connectivity index (χ2v) is 9.32. The third-order valence-corrected chi connectivity index (χ3v) is 8.00. The summed E-state index contributed by atoms with van der Waals surface area (Å²) in [4.78, 5) is 21.2. The monoisotopic (exact) mass is 420 g/mol. The van der Waals surface area contributed by atoms with Crippen LogP contribution < -0.4 is 10.8 Å². The Labute approximate surface area is 170 Å². The molecule has 4 unspecified atom stereocenters. The van der Waals surface area contributed by atoms with Crippen molar-refractivity contribution in [3.8, 4) is 0 Å². The largest absolute Gasteiger partial charge is 0.493 e. The number of rotatable bonds is 1. The highest BCUT2D eigenvalue weighted by molar-refractivity contribution is 6.62. The van der Waals surface area contributed by atoms with E-state index in [1.165, 1.54) is 4.90 Å². The number of nitrogens with one attached hydrogen (secondary N) is 2. The van der Waals surface area contributed by atoms with Gasteiger partial charge in [0.05, 0.1) is 5.60 Å². The number of H-pyrrole nitrogens is 1. The number of alkyl halides is 3. The fourth-order valence-electron chi connectivity index (χ4n) is 6.94. The standard InChI is InChI=1S/C19H20BF3N4O3/c1-16-7-18(12-10-2-4-24-13(10)25-6-11(12)20(29)30-18)14(16)17(16)3-5-27(9-17)15(28)26-8-19(21,22)23/h2,4,6,14,29H,3,5,7-9H2,1H3,(H,24,25)(H,26,28). The molecule has 4 heterocycles. The summed E-state index contributed by atoms with van der Waals surface area (Å²) in [7, 11) is -1.05. The first kappa shape index (κ1) is 18.5. The summed E-state index contributed by atoms with van der Waals surface area (Å²) in [5.74, 6) is 0.0920. The molecule has 6 rings (SSSR count). The number of aromatic amines is 1. The van der Waals surface area contributed by atoms with E-state index in [9.17, 15) is 23.0 Å². The van der Waals surface area contributed by atoms with E-state index in [4.69, 9.17) is 4.65 Å². The zero-order chi connectivity index (χ0) is 21.1. The van der Waals surface area contributed by atoms with Crippen molar-refractivity contribution < 1.29 is 27.6 Å². The molecule has 2 saturated carbocycles. The third-order valence-electron chi connectivity index (χ3n) is 8.00. The first-order chi connectivity index (χ1) is 14.1. The van der Waals surface area contributed by atoms with E-state index in [1.807, 2.05) is 11.4 Å². The number of carbonyl (C=O) groups is 1. The van der Waals surface area contributed by atoms with Gasteiger partial charge >= 0.3 is 19.3 Å². The molecule has 2 amide bonds. The van der Waals surface area contributed by atoms with E-state index in [1.54, 1.807) is 12.4 Å². The normalized spacial score (nSPS) is 36.4. The number of aromatic nitrogens is 2. The molecule has 11 heteroatoms. The van der Waals surface area contributed by atoms with E-state index in [0.717, 1.165) is 16.6 Å². The third kappa shape index (κ3) is 2.05.